The molecule has 0 aliphatic carbocycles. The molecule has 3 N–H and O–H groups in total. The van der Waals surface area contributed by atoms with Crippen LogP contribution in [0.25, 0.3) is 0 Å². The number of rotatable bonds is 9. The topological polar surface area (TPSA) is 51.7 Å². The van der Waals surface area contributed by atoms with E-state index in [0.29, 0.717) is 6.04 Å². The summed E-state index contributed by atoms with van der Waals surface area (Å²) in [7, 11) is 1.84. The van der Waals surface area contributed by atoms with Gasteiger partial charge in [-0.3, -0.25) is 9.89 Å². The number of anilines is 1. The van der Waals surface area contributed by atoms with E-state index < -0.39 is 0 Å². The normalized spacial score (nSPS) is 16.3. The lowest BCUT2D eigenvalue weighted by atomic mass is 10.2. The molecule has 0 bridgehead atoms. The molecule has 1 unspecified atom stereocenters. The number of para-hydroxylation sites is 1. The summed E-state index contributed by atoms with van der Waals surface area (Å²) in [5, 5.41) is 12.6. The standard InChI is InChI=1S/C21H31N5S/c1-22-21(24-13-8-12-23-18-9-3-2-4-10-18)25-17-19(20-11-7-16-27-20)26-14-5-6-15-26/h2-4,7,9-11,16,19,23H,5-6,8,12-15,17H2,1H3,(H2,22,24,25). The lowest BCUT2D eigenvalue weighted by Crippen LogP contribution is -2.43. The zero-order valence-electron chi connectivity index (χ0n) is 16.2. The molecule has 2 aromatic rings. The largest absolute Gasteiger partial charge is 0.385 e. The second-order valence-corrected chi connectivity index (χ2v) is 7.78. The molecule has 1 aliphatic rings. The second-order valence-electron chi connectivity index (χ2n) is 6.80. The molecule has 0 saturated carbocycles. The Labute approximate surface area is 166 Å². The van der Waals surface area contributed by atoms with Crippen molar-refractivity contribution in [3.8, 4) is 0 Å². The number of nitrogens with one attached hydrogen (secondary N) is 3. The van der Waals surface area contributed by atoms with Gasteiger partial charge in [0.1, 0.15) is 0 Å². The third-order valence-corrected chi connectivity index (χ3v) is 5.86. The summed E-state index contributed by atoms with van der Waals surface area (Å²) in [5.41, 5.74) is 1.17. The van der Waals surface area contributed by atoms with Crippen molar-refractivity contribution in [2.24, 2.45) is 4.99 Å². The number of benzene rings is 1. The van der Waals surface area contributed by atoms with Gasteiger partial charge in [0.25, 0.3) is 0 Å². The van der Waals surface area contributed by atoms with Gasteiger partial charge in [0.2, 0.25) is 0 Å². The van der Waals surface area contributed by atoms with Crippen molar-refractivity contribution in [2.75, 3.05) is 45.1 Å². The molecule has 1 saturated heterocycles. The minimum Gasteiger partial charge on any atom is -0.385 e. The van der Waals surface area contributed by atoms with Crippen LogP contribution in [-0.2, 0) is 0 Å². The first-order valence-electron chi connectivity index (χ1n) is 9.87. The molecule has 1 aromatic heterocycles. The molecule has 27 heavy (non-hydrogen) atoms. The van der Waals surface area contributed by atoms with Gasteiger partial charge >= 0.3 is 0 Å². The van der Waals surface area contributed by atoms with Gasteiger partial charge in [-0.05, 0) is 55.9 Å². The Kier molecular flexibility index (Phi) is 7.99. The number of nitrogens with zero attached hydrogens (tertiary/aromatic N) is 2. The average molecular weight is 386 g/mol. The van der Waals surface area contributed by atoms with Crippen molar-refractivity contribution in [3.63, 3.8) is 0 Å². The number of aliphatic imine (C=N–C) groups is 1. The van der Waals surface area contributed by atoms with Crippen molar-refractivity contribution < 1.29 is 0 Å². The molecule has 1 fully saturated rings. The van der Waals surface area contributed by atoms with E-state index in [9.17, 15) is 0 Å². The molecule has 1 atom stereocenters. The zero-order chi connectivity index (χ0) is 18.7. The van der Waals surface area contributed by atoms with E-state index in [1.807, 2.05) is 24.5 Å². The highest BCUT2D eigenvalue weighted by Crippen LogP contribution is 2.27. The van der Waals surface area contributed by atoms with Crippen LogP contribution in [0.15, 0.2) is 52.8 Å². The monoisotopic (exact) mass is 385 g/mol. The van der Waals surface area contributed by atoms with Crippen LogP contribution in [0.4, 0.5) is 5.69 Å². The van der Waals surface area contributed by atoms with Gasteiger partial charge in [-0.2, -0.15) is 0 Å². The van der Waals surface area contributed by atoms with E-state index in [2.05, 4.69) is 67.6 Å². The Hall–Kier alpha value is -2.05. The van der Waals surface area contributed by atoms with Gasteiger partial charge in [0, 0.05) is 37.2 Å². The number of hydrogen-bond donors (Lipinski definition) is 3. The maximum absolute atomic E-state index is 4.38. The summed E-state index contributed by atoms with van der Waals surface area (Å²) in [6, 6.07) is 15.2. The van der Waals surface area contributed by atoms with Crippen molar-refractivity contribution >= 4 is 23.0 Å². The molecule has 1 aliphatic heterocycles. The third-order valence-electron chi connectivity index (χ3n) is 4.89. The van der Waals surface area contributed by atoms with Crippen molar-refractivity contribution in [1.82, 2.24) is 15.5 Å². The van der Waals surface area contributed by atoms with Crippen LogP contribution in [0.2, 0.25) is 0 Å². The Bertz CT molecular complexity index is 665. The number of thiophene rings is 1. The molecule has 6 heteroatoms. The first-order chi connectivity index (χ1) is 13.4. The van der Waals surface area contributed by atoms with Gasteiger partial charge in [0.15, 0.2) is 5.96 Å². The Morgan fingerprint density at radius 1 is 1.07 bits per heavy atom. The fraction of sp³-hybridized carbons (Fsp3) is 0.476. The lowest BCUT2D eigenvalue weighted by Gasteiger charge is -2.27. The van der Waals surface area contributed by atoms with E-state index in [1.54, 1.807) is 0 Å². The van der Waals surface area contributed by atoms with Crippen molar-refractivity contribution in [3.05, 3.63) is 52.7 Å². The maximum Gasteiger partial charge on any atom is 0.191 e. The van der Waals surface area contributed by atoms with Crippen LogP contribution in [0.3, 0.4) is 0 Å². The molecule has 0 radical (unpaired) electrons. The second kappa shape index (κ2) is 10.9. The summed E-state index contributed by atoms with van der Waals surface area (Å²) >= 11 is 1.85. The van der Waals surface area contributed by atoms with Gasteiger partial charge in [-0.25, -0.2) is 0 Å². The number of likely N-dealkylation sites (tertiary alicyclic amines) is 1. The highest BCUT2D eigenvalue weighted by Gasteiger charge is 2.24. The van der Waals surface area contributed by atoms with Crippen molar-refractivity contribution in [2.45, 2.75) is 25.3 Å². The summed E-state index contributed by atoms with van der Waals surface area (Å²) < 4.78 is 0. The van der Waals surface area contributed by atoms with E-state index in [0.717, 1.165) is 32.0 Å². The summed E-state index contributed by atoms with van der Waals surface area (Å²) in [6.45, 7) is 5.12. The first kappa shape index (κ1) is 19.7. The van der Waals surface area contributed by atoms with Crippen LogP contribution in [0.5, 0.6) is 0 Å². The van der Waals surface area contributed by atoms with Crippen LogP contribution >= 0.6 is 11.3 Å². The predicted octanol–water partition coefficient (Wildman–Crippen LogP) is 3.55. The zero-order valence-corrected chi connectivity index (χ0v) is 17.0. The van der Waals surface area contributed by atoms with E-state index in [1.165, 1.54) is 36.5 Å². The summed E-state index contributed by atoms with van der Waals surface area (Å²) in [4.78, 5) is 8.41. The Morgan fingerprint density at radius 2 is 1.89 bits per heavy atom. The number of hydrogen-bond acceptors (Lipinski definition) is 4. The van der Waals surface area contributed by atoms with Crippen LogP contribution in [-0.4, -0.2) is 50.6 Å². The van der Waals surface area contributed by atoms with Crippen LogP contribution in [0.1, 0.15) is 30.2 Å². The molecule has 1 aromatic carbocycles. The van der Waals surface area contributed by atoms with Gasteiger partial charge in [-0.15, -0.1) is 11.3 Å². The van der Waals surface area contributed by atoms with E-state index in [4.69, 9.17) is 0 Å². The molecule has 0 amide bonds. The summed E-state index contributed by atoms with van der Waals surface area (Å²) in [6.07, 6.45) is 3.66. The van der Waals surface area contributed by atoms with E-state index >= 15 is 0 Å². The van der Waals surface area contributed by atoms with Gasteiger partial charge in [0.05, 0.1) is 6.04 Å². The van der Waals surface area contributed by atoms with Crippen LogP contribution < -0.4 is 16.0 Å². The molecule has 3 rings (SSSR count). The minimum atomic E-state index is 0.436. The molecule has 0 spiro atoms. The Morgan fingerprint density at radius 3 is 2.59 bits per heavy atom. The SMILES string of the molecule is CN=C(NCCCNc1ccccc1)NCC(c1cccs1)N1CCCC1. The molecule has 146 valence electrons. The van der Waals surface area contributed by atoms with Gasteiger partial charge < -0.3 is 16.0 Å². The smallest absolute Gasteiger partial charge is 0.191 e. The Balaban J connectivity index is 1.39. The summed E-state index contributed by atoms with van der Waals surface area (Å²) in [5.74, 6) is 0.885. The first-order valence-corrected chi connectivity index (χ1v) is 10.8. The molecule has 2 heterocycles. The fourth-order valence-electron chi connectivity index (χ4n) is 3.44. The average Bonchev–Trinajstić information content (AvgIpc) is 3.42. The van der Waals surface area contributed by atoms with E-state index in [-0.39, 0.29) is 0 Å². The molecular weight excluding hydrogens is 354 g/mol. The maximum atomic E-state index is 4.38. The highest BCUT2D eigenvalue weighted by molar-refractivity contribution is 7.10. The van der Waals surface area contributed by atoms with Crippen molar-refractivity contribution in [1.29, 1.82) is 0 Å². The highest BCUT2D eigenvalue weighted by atomic mass is 32.1. The number of guanidine groups is 1. The fourth-order valence-corrected chi connectivity index (χ4v) is 4.30. The third kappa shape index (κ3) is 6.26. The lowest BCUT2D eigenvalue weighted by molar-refractivity contribution is 0.249. The minimum absolute atomic E-state index is 0.436. The quantitative estimate of drug-likeness (QED) is 0.351. The molecule has 5 nitrogen and oxygen atoms in total. The van der Waals surface area contributed by atoms with Crippen LogP contribution in [0, 0.1) is 0 Å². The predicted molar refractivity (Wildman–Crippen MR) is 117 cm³/mol. The molecular formula is C21H31N5S. The van der Waals surface area contributed by atoms with Gasteiger partial charge in [-0.1, -0.05) is 24.3 Å².